The number of benzene rings is 2. The van der Waals surface area contributed by atoms with Crippen LogP contribution in [0.15, 0.2) is 65.4 Å². The van der Waals surface area contributed by atoms with Gasteiger partial charge in [-0.3, -0.25) is 9.69 Å². The maximum absolute atomic E-state index is 14.3. The number of nitrogens with zero attached hydrogens (tertiary/aromatic N) is 2. The van der Waals surface area contributed by atoms with Crippen molar-refractivity contribution < 1.29 is 13.6 Å². The lowest BCUT2D eigenvalue weighted by molar-refractivity contribution is 0.0609. The van der Waals surface area contributed by atoms with Crippen LogP contribution in [0.2, 0.25) is 0 Å². The highest BCUT2D eigenvalue weighted by atomic mass is 32.1. The molecule has 0 N–H and O–H groups in total. The van der Waals surface area contributed by atoms with E-state index in [1.54, 1.807) is 29.5 Å². The zero-order chi connectivity index (χ0) is 21.4. The standard InChI is InChI=1S/C25H24F2N2OS/c26-19-7-5-17(6-8-19)13-28-11-9-24-22(14-28)21(18-10-12-31-16-18)15-29(24)25(30)20-3-1-2-4-23(20)27/h1-8,10,12,16,21-22,24H,9,11,13-15H2/t21-,22-,24-/m1/s1. The van der Waals surface area contributed by atoms with Crippen LogP contribution in [-0.4, -0.2) is 41.4 Å². The minimum Gasteiger partial charge on any atom is -0.335 e. The number of likely N-dealkylation sites (tertiary alicyclic amines) is 2. The first kappa shape index (κ1) is 20.3. The summed E-state index contributed by atoms with van der Waals surface area (Å²) in [6, 6.07) is 15.2. The van der Waals surface area contributed by atoms with E-state index in [0.29, 0.717) is 12.5 Å². The summed E-state index contributed by atoms with van der Waals surface area (Å²) < 4.78 is 27.6. The van der Waals surface area contributed by atoms with Gasteiger partial charge in [0.2, 0.25) is 0 Å². The summed E-state index contributed by atoms with van der Waals surface area (Å²) in [6.07, 6.45) is 0.854. The third kappa shape index (κ3) is 4.02. The molecule has 1 aromatic heterocycles. The van der Waals surface area contributed by atoms with E-state index in [4.69, 9.17) is 0 Å². The Morgan fingerprint density at radius 2 is 1.84 bits per heavy atom. The molecule has 2 aromatic carbocycles. The summed E-state index contributed by atoms with van der Waals surface area (Å²) in [5.74, 6) is -0.366. The highest BCUT2D eigenvalue weighted by molar-refractivity contribution is 7.08. The summed E-state index contributed by atoms with van der Waals surface area (Å²) in [4.78, 5) is 17.6. The van der Waals surface area contributed by atoms with Crippen molar-refractivity contribution in [3.63, 3.8) is 0 Å². The van der Waals surface area contributed by atoms with E-state index in [2.05, 4.69) is 21.7 Å². The molecule has 0 bridgehead atoms. The lowest BCUT2D eigenvalue weighted by Gasteiger charge is -2.39. The monoisotopic (exact) mass is 438 g/mol. The second kappa shape index (κ2) is 8.52. The second-order valence-corrected chi connectivity index (χ2v) is 9.26. The molecule has 2 fully saturated rings. The smallest absolute Gasteiger partial charge is 0.257 e. The molecule has 0 aliphatic carbocycles. The lowest BCUT2D eigenvalue weighted by Crippen LogP contribution is -2.47. The average molecular weight is 439 g/mol. The predicted molar refractivity (Wildman–Crippen MR) is 118 cm³/mol. The molecule has 2 saturated heterocycles. The number of hydrogen-bond acceptors (Lipinski definition) is 3. The third-order valence-electron chi connectivity index (χ3n) is 6.67. The number of carbonyl (C=O) groups is 1. The van der Waals surface area contributed by atoms with Crippen LogP contribution in [0.25, 0.3) is 0 Å². The molecule has 3 aromatic rings. The first-order valence-corrected chi connectivity index (χ1v) is 11.6. The Hall–Kier alpha value is -2.57. The fourth-order valence-electron chi connectivity index (χ4n) is 5.16. The molecule has 3 atom stereocenters. The fourth-order valence-corrected chi connectivity index (χ4v) is 5.88. The van der Waals surface area contributed by atoms with Gasteiger partial charge in [-0.05, 0) is 58.6 Å². The van der Waals surface area contributed by atoms with Gasteiger partial charge in [0.25, 0.3) is 5.91 Å². The molecule has 6 heteroatoms. The maximum Gasteiger partial charge on any atom is 0.257 e. The van der Waals surface area contributed by atoms with Gasteiger partial charge in [-0.25, -0.2) is 8.78 Å². The summed E-state index contributed by atoms with van der Waals surface area (Å²) in [5.41, 5.74) is 2.50. The van der Waals surface area contributed by atoms with Crippen LogP contribution in [0.1, 0.15) is 33.8 Å². The number of thiophene rings is 1. The van der Waals surface area contributed by atoms with Crippen molar-refractivity contribution in [2.45, 2.75) is 24.9 Å². The second-order valence-electron chi connectivity index (χ2n) is 8.48. The molecule has 5 rings (SSSR count). The van der Waals surface area contributed by atoms with Gasteiger partial charge in [0.05, 0.1) is 5.56 Å². The number of rotatable bonds is 4. The Morgan fingerprint density at radius 1 is 1.03 bits per heavy atom. The number of piperidine rings is 1. The zero-order valence-corrected chi connectivity index (χ0v) is 17.9. The van der Waals surface area contributed by atoms with Crippen molar-refractivity contribution in [1.29, 1.82) is 0 Å². The molecule has 0 saturated carbocycles. The van der Waals surface area contributed by atoms with Crippen LogP contribution in [-0.2, 0) is 6.54 Å². The molecular formula is C25H24F2N2OS. The summed E-state index contributed by atoms with van der Waals surface area (Å²) in [7, 11) is 0. The van der Waals surface area contributed by atoms with E-state index in [9.17, 15) is 13.6 Å². The van der Waals surface area contributed by atoms with Crippen LogP contribution >= 0.6 is 11.3 Å². The van der Waals surface area contributed by atoms with Crippen molar-refractivity contribution in [3.05, 3.63) is 93.7 Å². The Labute approximate surface area is 184 Å². The van der Waals surface area contributed by atoms with E-state index >= 15 is 0 Å². The SMILES string of the molecule is O=C(c1ccccc1F)N1C[C@H](c2ccsc2)[C@H]2CN(Cc3ccc(F)cc3)CC[C@H]21. The molecule has 1 amide bonds. The third-order valence-corrected chi connectivity index (χ3v) is 7.37. The van der Waals surface area contributed by atoms with Crippen molar-refractivity contribution in [2.75, 3.05) is 19.6 Å². The predicted octanol–water partition coefficient (Wildman–Crippen LogP) is 5.16. The van der Waals surface area contributed by atoms with E-state index in [-0.39, 0.29) is 29.2 Å². The molecule has 0 radical (unpaired) electrons. The molecule has 2 aliphatic heterocycles. The van der Waals surface area contributed by atoms with Crippen molar-refractivity contribution in [3.8, 4) is 0 Å². The molecule has 160 valence electrons. The van der Waals surface area contributed by atoms with Gasteiger partial charge in [0.15, 0.2) is 0 Å². The average Bonchev–Trinajstić information content (AvgIpc) is 3.43. The van der Waals surface area contributed by atoms with Gasteiger partial charge >= 0.3 is 0 Å². The molecule has 0 spiro atoms. The highest BCUT2D eigenvalue weighted by Crippen LogP contribution is 2.43. The number of amides is 1. The molecule has 2 aliphatic rings. The summed E-state index contributed by atoms with van der Waals surface area (Å²) in [6.45, 7) is 3.10. The van der Waals surface area contributed by atoms with E-state index in [1.807, 2.05) is 17.0 Å². The van der Waals surface area contributed by atoms with Crippen LogP contribution < -0.4 is 0 Å². The number of halogens is 2. The van der Waals surface area contributed by atoms with Crippen molar-refractivity contribution in [2.24, 2.45) is 5.92 Å². The minimum atomic E-state index is -0.461. The minimum absolute atomic E-state index is 0.0986. The lowest BCUT2D eigenvalue weighted by atomic mass is 9.82. The fraction of sp³-hybridized carbons (Fsp3) is 0.320. The van der Waals surface area contributed by atoms with Crippen LogP contribution in [0.5, 0.6) is 0 Å². The van der Waals surface area contributed by atoms with Gasteiger partial charge in [-0.1, -0.05) is 24.3 Å². The van der Waals surface area contributed by atoms with Crippen molar-refractivity contribution in [1.82, 2.24) is 9.80 Å². The number of carbonyl (C=O) groups excluding carboxylic acids is 1. The molecule has 0 unspecified atom stereocenters. The Balaban J connectivity index is 1.39. The van der Waals surface area contributed by atoms with Crippen LogP contribution in [0, 0.1) is 17.6 Å². The van der Waals surface area contributed by atoms with Crippen molar-refractivity contribution >= 4 is 17.2 Å². The summed E-state index contributed by atoms with van der Waals surface area (Å²) in [5, 5.41) is 4.24. The van der Waals surface area contributed by atoms with Crippen LogP contribution in [0.3, 0.4) is 0 Å². The molecule has 31 heavy (non-hydrogen) atoms. The topological polar surface area (TPSA) is 23.6 Å². The van der Waals surface area contributed by atoms with Gasteiger partial charge in [0, 0.05) is 44.1 Å². The highest BCUT2D eigenvalue weighted by Gasteiger charge is 2.47. The number of hydrogen-bond donors (Lipinski definition) is 0. The molecule has 3 heterocycles. The molecular weight excluding hydrogens is 414 g/mol. The van der Waals surface area contributed by atoms with Gasteiger partial charge in [-0.2, -0.15) is 11.3 Å². The Morgan fingerprint density at radius 3 is 2.58 bits per heavy atom. The van der Waals surface area contributed by atoms with E-state index < -0.39 is 5.82 Å². The Bertz CT molecular complexity index is 1050. The van der Waals surface area contributed by atoms with Crippen LogP contribution in [0.4, 0.5) is 8.78 Å². The first-order chi connectivity index (χ1) is 15.1. The van der Waals surface area contributed by atoms with Gasteiger partial charge in [-0.15, -0.1) is 0 Å². The molecule has 3 nitrogen and oxygen atoms in total. The first-order valence-electron chi connectivity index (χ1n) is 10.6. The normalized spacial score (nSPS) is 23.7. The largest absolute Gasteiger partial charge is 0.335 e. The quantitative estimate of drug-likeness (QED) is 0.562. The van der Waals surface area contributed by atoms with E-state index in [1.165, 1.54) is 23.8 Å². The Kier molecular flexibility index (Phi) is 5.59. The maximum atomic E-state index is 14.3. The summed E-state index contributed by atoms with van der Waals surface area (Å²) >= 11 is 1.67. The van der Waals surface area contributed by atoms with Gasteiger partial charge in [0.1, 0.15) is 11.6 Å². The van der Waals surface area contributed by atoms with Gasteiger partial charge < -0.3 is 4.90 Å². The zero-order valence-electron chi connectivity index (χ0n) is 17.1. The number of fused-ring (bicyclic) bond motifs is 1. The van der Waals surface area contributed by atoms with E-state index in [0.717, 1.165) is 31.6 Å².